The molecule has 0 spiro atoms. The van der Waals surface area contributed by atoms with Crippen molar-refractivity contribution in [3.8, 4) is 0 Å². The zero-order valence-electron chi connectivity index (χ0n) is 8.29. The maximum absolute atomic E-state index is 12.4. The molecule has 0 fully saturated rings. The molecular weight excluding hydrogens is 288 g/mol. The summed E-state index contributed by atoms with van der Waals surface area (Å²) in [5.41, 5.74) is -1.97. The topological polar surface area (TPSA) is 29.1 Å². The van der Waals surface area contributed by atoms with Crippen LogP contribution in [0.3, 0.4) is 0 Å². The van der Waals surface area contributed by atoms with E-state index >= 15 is 0 Å². The molecule has 0 aromatic heterocycles. The van der Waals surface area contributed by atoms with E-state index in [1.54, 1.807) is 0 Å². The number of carbonyl (C=O) groups excluding carboxylic acids is 1. The van der Waals surface area contributed by atoms with Gasteiger partial charge in [-0.05, 0) is 18.2 Å². The van der Waals surface area contributed by atoms with E-state index in [2.05, 4.69) is 0 Å². The largest absolute Gasteiger partial charge is 0.471 e. The molecule has 0 radical (unpaired) electrons. The number of alkyl halides is 6. The molecular formula is C9H4ClF6NO. The Balaban J connectivity index is 3.04. The third-order valence-corrected chi connectivity index (χ3v) is 2.12. The fraction of sp³-hybridized carbons (Fsp3) is 0.222. The van der Waals surface area contributed by atoms with E-state index in [0.717, 1.165) is 12.1 Å². The van der Waals surface area contributed by atoms with Crippen molar-refractivity contribution >= 4 is 23.2 Å². The van der Waals surface area contributed by atoms with Crippen LogP contribution in [0.15, 0.2) is 18.2 Å². The predicted molar refractivity (Wildman–Crippen MR) is 51.1 cm³/mol. The molecule has 9 heteroatoms. The Bertz CT molecular complexity index is 467. The first kappa shape index (κ1) is 14.6. The Labute approximate surface area is 102 Å². The Morgan fingerprint density at radius 1 is 1.11 bits per heavy atom. The van der Waals surface area contributed by atoms with Crippen LogP contribution in [0.1, 0.15) is 5.56 Å². The van der Waals surface area contributed by atoms with Crippen molar-refractivity contribution in [2.24, 2.45) is 0 Å². The van der Waals surface area contributed by atoms with Gasteiger partial charge in [0.25, 0.3) is 0 Å². The summed E-state index contributed by atoms with van der Waals surface area (Å²) in [5, 5.41) is 0.625. The average Bonchev–Trinajstić information content (AvgIpc) is 2.17. The van der Waals surface area contributed by atoms with Crippen LogP contribution >= 0.6 is 11.6 Å². The van der Waals surface area contributed by atoms with Crippen LogP contribution in [0.4, 0.5) is 32.0 Å². The van der Waals surface area contributed by atoms with Crippen molar-refractivity contribution in [2.75, 3.05) is 5.32 Å². The van der Waals surface area contributed by atoms with E-state index in [1.165, 1.54) is 5.32 Å². The fourth-order valence-corrected chi connectivity index (χ4v) is 1.25. The first-order valence-electron chi connectivity index (χ1n) is 4.27. The second-order valence-electron chi connectivity index (χ2n) is 3.14. The Hall–Kier alpha value is -1.44. The van der Waals surface area contributed by atoms with Crippen LogP contribution in [0.25, 0.3) is 0 Å². The molecule has 0 aliphatic carbocycles. The molecule has 1 N–H and O–H groups in total. The van der Waals surface area contributed by atoms with Crippen LogP contribution in [-0.4, -0.2) is 12.1 Å². The third kappa shape index (κ3) is 3.52. The minimum absolute atomic E-state index is 0.325. The highest BCUT2D eigenvalue weighted by Crippen LogP contribution is 2.36. The second-order valence-corrected chi connectivity index (χ2v) is 3.55. The molecule has 0 saturated carbocycles. The lowest BCUT2D eigenvalue weighted by molar-refractivity contribution is -0.167. The summed E-state index contributed by atoms with van der Waals surface area (Å²) in [6.07, 6.45) is -10.0. The van der Waals surface area contributed by atoms with Gasteiger partial charge in [-0.2, -0.15) is 26.3 Å². The van der Waals surface area contributed by atoms with Crippen molar-refractivity contribution in [1.29, 1.82) is 0 Å². The van der Waals surface area contributed by atoms with Crippen LogP contribution in [-0.2, 0) is 11.0 Å². The van der Waals surface area contributed by atoms with Gasteiger partial charge >= 0.3 is 18.3 Å². The van der Waals surface area contributed by atoms with Crippen molar-refractivity contribution in [3.63, 3.8) is 0 Å². The van der Waals surface area contributed by atoms with Crippen LogP contribution in [0.2, 0.25) is 5.02 Å². The molecule has 1 amide bonds. The van der Waals surface area contributed by atoms with Crippen LogP contribution in [0, 0.1) is 0 Å². The SMILES string of the molecule is O=C(Nc1ccc(Cl)c(C(F)(F)F)c1)C(F)(F)F. The van der Waals surface area contributed by atoms with E-state index in [1.807, 2.05) is 0 Å². The molecule has 0 saturated heterocycles. The van der Waals surface area contributed by atoms with Gasteiger partial charge in [0.2, 0.25) is 0 Å². The zero-order valence-corrected chi connectivity index (χ0v) is 9.04. The van der Waals surface area contributed by atoms with E-state index in [9.17, 15) is 31.1 Å². The highest BCUT2D eigenvalue weighted by atomic mass is 35.5. The minimum atomic E-state index is -5.18. The molecule has 100 valence electrons. The Morgan fingerprint density at radius 3 is 2.11 bits per heavy atom. The molecule has 1 aromatic carbocycles. The highest BCUT2D eigenvalue weighted by Gasteiger charge is 2.39. The molecule has 0 atom stereocenters. The smallest absolute Gasteiger partial charge is 0.318 e. The van der Waals surface area contributed by atoms with Gasteiger partial charge in [-0.15, -0.1) is 0 Å². The van der Waals surface area contributed by atoms with Gasteiger partial charge in [-0.25, -0.2) is 0 Å². The van der Waals surface area contributed by atoms with Crippen LogP contribution < -0.4 is 5.32 Å². The van der Waals surface area contributed by atoms with Gasteiger partial charge < -0.3 is 5.32 Å². The number of rotatable bonds is 1. The predicted octanol–water partition coefficient (Wildman–Crippen LogP) is 3.86. The first-order valence-corrected chi connectivity index (χ1v) is 4.64. The summed E-state index contributed by atoms with van der Waals surface area (Å²) in [7, 11) is 0. The molecule has 0 unspecified atom stereocenters. The first-order chi connectivity index (χ1) is 8.01. The number of amides is 1. The number of carbonyl (C=O) groups is 1. The lowest BCUT2D eigenvalue weighted by atomic mass is 10.2. The van der Waals surface area contributed by atoms with Gasteiger partial charge in [-0.3, -0.25) is 4.79 Å². The zero-order chi connectivity index (χ0) is 14.1. The van der Waals surface area contributed by atoms with Gasteiger partial charge in [0.1, 0.15) is 0 Å². The summed E-state index contributed by atoms with van der Waals surface area (Å²) < 4.78 is 72.8. The summed E-state index contributed by atoms with van der Waals surface area (Å²) in [6.45, 7) is 0. The molecule has 0 aliphatic heterocycles. The summed E-state index contributed by atoms with van der Waals surface area (Å²) in [6, 6.07) is 1.91. The van der Waals surface area contributed by atoms with Gasteiger partial charge in [0.15, 0.2) is 0 Å². The second kappa shape index (κ2) is 4.68. The Morgan fingerprint density at radius 2 is 1.67 bits per heavy atom. The summed E-state index contributed by atoms with van der Waals surface area (Å²) >= 11 is 5.25. The number of anilines is 1. The normalized spacial score (nSPS) is 12.4. The minimum Gasteiger partial charge on any atom is -0.318 e. The lowest BCUT2D eigenvalue weighted by Gasteiger charge is -2.12. The molecule has 2 nitrogen and oxygen atoms in total. The van der Waals surface area contributed by atoms with Crippen molar-refractivity contribution < 1.29 is 31.1 Å². The highest BCUT2D eigenvalue weighted by molar-refractivity contribution is 6.31. The maximum atomic E-state index is 12.4. The van der Waals surface area contributed by atoms with E-state index in [0.29, 0.717) is 6.07 Å². The quantitative estimate of drug-likeness (QED) is 0.782. The van der Waals surface area contributed by atoms with E-state index < -0.39 is 34.5 Å². The third-order valence-electron chi connectivity index (χ3n) is 1.79. The van der Waals surface area contributed by atoms with E-state index in [4.69, 9.17) is 11.6 Å². The number of hydrogen-bond acceptors (Lipinski definition) is 1. The maximum Gasteiger partial charge on any atom is 0.471 e. The fourth-order valence-electron chi connectivity index (χ4n) is 1.02. The molecule has 1 rings (SSSR count). The number of halogens is 7. The molecule has 0 aliphatic rings. The number of nitrogens with one attached hydrogen (secondary N) is 1. The average molecular weight is 292 g/mol. The molecule has 0 bridgehead atoms. The number of benzene rings is 1. The van der Waals surface area contributed by atoms with Crippen molar-refractivity contribution in [3.05, 3.63) is 28.8 Å². The standard InChI is InChI=1S/C9H4ClF6NO/c10-6-2-1-4(3-5(6)8(11,12)13)17-7(18)9(14,15)16/h1-3H,(H,17,18). The molecule has 1 aromatic rings. The van der Waals surface area contributed by atoms with Crippen molar-refractivity contribution in [2.45, 2.75) is 12.4 Å². The monoisotopic (exact) mass is 291 g/mol. The molecule has 0 heterocycles. The summed E-state index contributed by atoms with van der Waals surface area (Å²) in [5.74, 6) is -2.36. The van der Waals surface area contributed by atoms with Gasteiger partial charge in [-0.1, -0.05) is 11.6 Å². The van der Waals surface area contributed by atoms with Gasteiger partial charge in [0, 0.05) is 5.69 Å². The van der Waals surface area contributed by atoms with E-state index in [-0.39, 0.29) is 0 Å². The van der Waals surface area contributed by atoms with Crippen molar-refractivity contribution in [1.82, 2.24) is 0 Å². The number of hydrogen-bond donors (Lipinski definition) is 1. The lowest BCUT2D eigenvalue weighted by Crippen LogP contribution is -2.30. The molecule has 18 heavy (non-hydrogen) atoms. The summed E-state index contributed by atoms with van der Waals surface area (Å²) in [4.78, 5) is 10.5. The van der Waals surface area contributed by atoms with Gasteiger partial charge in [0.05, 0.1) is 10.6 Å². The van der Waals surface area contributed by atoms with Crippen LogP contribution in [0.5, 0.6) is 0 Å². The Kier molecular flexibility index (Phi) is 3.80.